The maximum atomic E-state index is 13.0. The van der Waals surface area contributed by atoms with Crippen LogP contribution in [0.1, 0.15) is 15.9 Å². The molecule has 0 bridgehead atoms. The fourth-order valence-electron chi connectivity index (χ4n) is 3.18. The SMILES string of the molecule is CN(Cc1ccc(F)cc1)C(=O)CN1CCN(C(=O)c2cccc(Cl)c2)CC1. The highest BCUT2D eigenvalue weighted by Crippen LogP contribution is 2.14. The monoisotopic (exact) mass is 403 g/mol. The van der Waals surface area contributed by atoms with Crippen LogP contribution in [0.4, 0.5) is 4.39 Å². The molecule has 0 unspecified atom stereocenters. The predicted molar refractivity (Wildman–Crippen MR) is 107 cm³/mol. The van der Waals surface area contributed by atoms with E-state index < -0.39 is 0 Å². The number of hydrogen-bond donors (Lipinski definition) is 0. The van der Waals surface area contributed by atoms with Crippen molar-refractivity contribution in [1.29, 1.82) is 0 Å². The first-order valence-electron chi connectivity index (χ1n) is 9.18. The molecule has 3 rings (SSSR count). The fraction of sp³-hybridized carbons (Fsp3) is 0.333. The average Bonchev–Trinajstić information content (AvgIpc) is 2.69. The van der Waals surface area contributed by atoms with Crippen molar-refractivity contribution in [2.45, 2.75) is 6.54 Å². The fourth-order valence-corrected chi connectivity index (χ4v) is 3.37. The van der Waals surface area contributed by atoms with Crippen LogP contribution in [-0.2, 0) is 11.3 Å². The summed E-state index contributed by atoms with van der Waals surface area (Å²) in [5.41, 5.74) is 1.46. The van der Waals surface area contributed by atoms with Crippen molar-refractivity contribution in [2.75, 3.05) is 39.8 Å². The predicted octanol–water partition coefficient (Wildman–Crippen LogP) is 2.90. The van der Waals surface area contributed by atoms with Crippen molar-refractivity contribution < 1.29 is 14.0 Å². The second kappa shape index (κ2) is 9.17. The van der Waals surface area contributed by atoms with E-state index in [9.17, 15) is 14.0 Å². The largest absolute Gasteiger partial charge is 0.340 e. The molecule has 0 aliphatic carbocycles. The maximum Gasteiger partial charge on any atom is 0.253 e. The summed E-state index contributed by atoms with van der Waals surface area (Å²) in [4.78, 5) is 30.5. The molecule has 1 fully saturated rings. The lowest BCUT2D eigenvalue weighted by Crippen LogP contribution is -2.51. The number of hydrogen-bond acceptors (Lipinski definition) is 3. The molecule has 1 saturated heterocycles. The molecule has 2 aromatic rings. The van der Waals surface area contributed by atoms with Crippen molar-refractivity contribution in [3.05, 3.63) is 70.5 Å². The molecule has 5 nitrogen and oxygen atoms in total. The Morgan fingerprint density at radius 3 is 2.39 bits per heavy atom. The summed E-state index contributed by atoms with van der Waals surface area (Å²) in [5, 5.41) is 0.541. The lowest BCUT2D eigenvalue weighted by Gasteiger charge is -2.35. The van der Waals surface area contributed by atoms with Gasteiger partial charge in [0.1, 0.15) is 5.82 Å². The first-order valence-corrected chi connectivity index (χ1v) is 9.56. The molecule has 0 atom stereocenters. The molecule has 2 amide bonds. The lowest BCUT2D eigenvalue weighted by molar-refractivity contribution is -0.132. The van der Waals surface area contributed by atoms with Gasteiger partial charge in [-0.25, -0.2) is 4.39 Å². The van der Waals surface area contributed by atoms with Gasteiger partial charge >= 0.3 is 0 Å². The first-order chi connectivity index (χ1) is 13.4. The van der Waals surface area contributed by atoms with Crippen LogP contribution in [0.25, 0.3) is 0 Å². The van der Waals surface area contributed by atoms with Crippen molar-refractivity contribution >= 4 is 23.4 Å². The van der Waals surface area contributed by atoms with Gasteiger partial charge in [0.2, 0.25) is 5.91 Å². The Labute approximate surface area is 169 Å². The molecule has 0 N–H and O–H groups in total. The normalized spacial score (nSPS) is 14.8. The van der Waals surface area contributed by atoms with Crippen molar-refractivity contribution in [1.82, 2.24) is 14.7 Å². The van der Waals surface area contributed by atoms with Crippen molar-refractivity contribution in [3.8, 4) is 0 Å². The van der Waals surface area contributed by atoms with E-state index >= 15 is 0 Å². The lowest BCUT2D eigenvalue weighted by atomic mass is 10.2. The highest BCUT2D eigenvalue weighted by molar-refractivity contribution is 6.30. The zero-order valence-electron chi connectivity index (χ0n) is 15.8. The Bertz CT molecular complexity index is 836. The van der Waals surface area contributed by atoms with Gasteiger partial charge < -0.3 is 9.80 Å². The van der Waals surface area contributed by atoms with E-state index in [1.807, 2.05) is 4.90 Å². The smallest absolute Gasteiger partial charge is 0.253 e. The third kappa shape index (κ3) is 5.30. The van der Waals surface area contributed by atoms with Gasteiger partial charge in [0.15, 0.2) is 0 Å². The molecule has 0 saturated carbocycles. The Hall–Kier alpha value is -2.44. The number of carbonyl (C=O) groups is 2. The summed E-state index contributed by atoms with van der Waals surface area (Å²) < 4.78 is 13.0. The standard InChI is InChI=1S/C21H23ClFN3O2/c1-24(14-16-5-7-19(23)8-6-16)20(27)15-25-9-11-26(12-10-25)21(28)17-3-2-4-18(22)13-17/h2-8,13H,9-12,14-15H2,1H3. The maximum absolute atomic E-state index is 13.0. The molecule has 2 aromatic carbocycles. The number of likely N-dealkylation sites (N-methyl/N-ethyl adjacent to an activating group) is 1. The molecule has 1 aliphatic heterocycles. The van der Waals surface area contributed by atoms with Gasteiger partial charge in [-0.3, -0.25) is 14.5 Å². The number of halogens is 2. The van der Waals surface area contributed by atoms with Crippen LogP contribution in [0, 0.1) is 5.82 Å². The van der Waals surface area contributed by atoms with Gasteiger partial charge in [0.05, 0.1) is 6.54 Å². The number of benzene rings is 2. The third-order valence-corrected chi connectivity index (χ3v) is 5.08. The van der Waals surface area contributed by atoms with Gasteiger partial charge in [-0.15, -0.1) is 0 Å². The molecule has 1 heterocycles. The van der Waals surface area contributed by atoms with Crippen LogP contribution < -0.4 is 0 Å². The molecular formula is C21H23ClFN3O2. The Morgan fingerprint density at radius 2 is 1.75 bits per heavy atom. The van der Waals surface area contributed by atoms with E-state index in [2.05, 4.69) is 0 Å². The molecule has 0 aromatic heterocycles. The first kappa shape index (κ1) is 20.3. The quantitative estimate of drug-likeness (QED) is 0.771. The summed E-state index contributed by atoms with van der Waals surface area (Å²) in [7, 11) is 1.74. The van der Waals surface area contributed by atoms with E-state index in [0.717, 1.165) is 5.56 Å². The van der Waals surface area contributed by atoms with Gasteiger partial charge in [-0.1, -0.05) is 29.8 Å². The zero-order valence-corrected chi connectivity index (χ0v) is 16.5. The Kier molecular flexibility index (Phi) is 6.65. The number of carbonyl (C=O) groups excluding carboxylic acids is 2. The number of piperazine rings is 1. The molecule has 0 radical (unpaired) electrons. The number of amides is 2. The summed E-state index contributed by atoms with van der Waals surface area (Å²) in [6.07, 6.45) is 0. The Morgan fingerprint density at radius 1 is 1.07 bits per heavy atom. The van der Waals surface area contributed by atoms with E-state index in [0.29, 0.717) is 49.9 Å². The van der Waals surface area contributed by atoms with Gasteiger partial charge in [-0.2, -0.15) is 0 Å². The minimum absolute atomic E-state index is 0.000979. The second-order valence-corrected chi connectivity index (χ2v) is 7.39. The van der Waals surface area contributed by atoms with Crippen LogP contribution in [0.2, 0.25) is 5.02 Å². The van der Waals surface area contributed by atoms with E-state index in [-0.39, 0.29) is 17.6 Å². The van der Waals surface area contributed by atoms with Crippen LogP contribution >= 0.6 is 11.6 Å². The minimum atomic E-state index is -0.289. The van der Waals surface area contributed by atoms with Crippen LogP contribution in [0.5, 0.6) is 0 Å². The van der Waals surface area contributed by atoms with Crippen LogP contribution in [0.3, 0.4) is 0 Å². The van der Waals surface area contributed by atoms with Crippen LogP contribution in [0.15, 0.2) is 48.5 Å². The average molecular weight is 404 g/mol. The Balaban J connectivity index is 1.47. The molecular weight excluding hydrogens is 381 g/mol. The van der Waals surface area contributed by atoms with Crippen molar-refractivity contribution in [3.63, 3.8) is 0 Å². The summed E-state index contributed by atoms with van der Waals surface area (Å²) >= 11 is 5.96. The van der Waals surface area contributed by atoms with Crippen LogP contribution in [-0.4, -0.2) is 66.3 Å². The number of rotatable bonds is 5. The van der Waals surface area contributed by atoms with E-state index in [1.165, 1.54) is 12.1 Å². The van der Waals surface area contributed by atoms with Gasteiger partial charge in [0.25, 0.3) is 5.91 Å². The highest BCUT2D eigenvalue weighted by Gasteiger charge is 2.24. The molecule has 0 spiro atoms. The summed E-state index contributed by atoms with van der Waals surface area (Å²) in [5.74, 6) is -0.330. The second-order valence-electron chi connectivity index (χ2n) is 6.95. The molecule has 148 valence electrons. The molecule has 28 heavy (non-hydrogen) atoms. The number of nitrogens with zero attached hydrogens (tertiary/aromatic N) is 3. The summed E-state index contributed by atoms with van der Waals surface area (Å²) in [6, 6.07) is 13.1. The van der Waals surface area contributed by atoms with E-state index in [4.69, 9.17) is 11.6 Å². The molecule has 7 heteroatoms. The summed E-state index contributed by atoms with van der Waals surface area (Å²) in [6.45, 7) is 3.16. The van der Waals surface area contributed by atoms with Crippen molar-refractivity contribution in [2.24, 2.45) is 0 Å². The minimum Gasteiger partial charge on any atom is -0.340 e. The topological polar surface area (TPSA) is 43.9 Å². The van der Waals surface area contributed by atoms with Gasteiger partial charge in [0, 0.05) is 50.4 Å². The highest BCUT2D eigenvalue weighted by atomic mass is 35.5. The zero-order chi connectivity index (χ0) is 20.1. The van der Waals surface area contributed by atoms with Gasteiger partial charge in [-0.05, 0) is 35.9 Å². The van der Waals surface area contributed by atoms with E-state index in [1.54, 1.807) is 53.2 Å². The molecule has 1 aliphatic rings. The third-order valence-electron chi connectivity index (χ3n) is 4.85.